The number of carbonyl (C=O) groups excluding carboxylic acids is 1. The molecule has 1 aromatic carbocycles. The minimum absolute atomic E-state index is 0.0373. The Balaban J connectivity index is 2.20. The summed E-state index contributed by atoms with van der Waals surface area (Å²) in [7, 11) is -1.45. The van der Waals surface area contributed by atoms with Gasteiger partial charge >= 0.3 is 0 Å². The number of amides is 1. The molecule has 2 aromatic rings. The van der Waals surface area contributed by atoms with Crippen molar-refractivity contribution >= 4 is 27.1 Å². The summed E-state index contributed by atoms with van der Waals surface area (Å²) < 4.78 is 22.9. The first kappa shape index (κ1) is 15.7. The van der Waals surface area contributed by atoms with Crippen LogP contribution in [0.1, 0.15) is 28.2 Å². The van der Waals surface area contributed by atoms with Crippen molar-refractivity contribution in [2.24, 2.45) is 0 Å². The van der Waals surface area contributed by atoms with Crippen molar-refractivity contribution < 1.29 is 13.2 Å². The molecule has 1 aromatic heterocycles. The van der Waals surface area contributed by atoms with Gasteiger partial charge < -0.3 is 4.90 Å². The van der Waals surface area contributed by atoms with E-state index in [1.165, 1.54) is 17.6 Å². The first-order valence-electron chi connectivity index (χ1n) is 6.41. The predicted molar refractivity (Wildman–Crippen MR) is 84.4 cm³/mol. The molecule has 112 valence electrons. The topological polar surface area (TPSA) is 54.5 Å². The number of benzene rings is 1. The van der Waals surface area contributed by atoms with Crippen LogP contribution in [0.5, 0.6) is 0 Å². The highest BCUT2D eigenvalue weighted by Crippen LogP contribution is 2.23. The van der Waals surface area contributed by atoms with Crippen LogP contribution in [0, 0.1) is 0 Å². The van der Waals surface area contributed by atoms with Crippen molar-refractivity contribution in [1.29, 1.82) is 0 Å². The average Bonchev–Trinajstić information content (AvgIpc) is 2.98. The lowest BCUT2D eigenvalue weighted by molar-refractivity contribution is 0.0747. The maximum atomic E-state index is 12.3. The van der Waals surface area contributed by atoms with E-state index in [-0.39, 0.29) is 16.8 Å². The Morgan fingerprint density at radius 2 is 1.81 bits per heavy atom. The number of carbonyl (C=O) groups is 1. The van der Waals surface area contributed by atoms with Crippen molar-refractivity contribution in [3.63, 3.8) is 0 Å². The fourth-order valence-electron chi connectivity index (χ4n) is 1.97. The molecule has 0 saturated carbocycles. The Hall–Kier alpha value is -1.66. The summed E-state index contributed by atoms with van der Waals surface area (Å²) in [5.74, 6) is -0.0373. The Bertz CT molecular complexity index is 719. The van der Waals surface area contributed by atoms with Gasteiger partial charge in [-0.15, -0.1) is 11.3 Å². The van der Waals surface area contributed by atoms with Crippen LogP contribution < -0.4 is 0 Å². The Morgan fingerprint density at radius 1 is 1.19 bits per heavy atom. The fourth-order valence-corrected chi connectivity index (χ4v) is 3.30. The highest BCUT2D eigenvalue weighted by molar-refractivity contribution is 7.90. The normalized spacial score (nSPS) is 12.9. The summed E-state index contributed by atoms with van der Waals surface area (Å²) >= 11 is 1.41. The highest BCUT2D eigenvalue weighted by Gasteiger charge is 2.20. The third kappa shape index (κ3) is 3.51. The van der Waals surface area contributed by atoms with Crippen molar-refractivity contribution in [2.75, 3.05) is 13.3 Å². The third-order valence-corrected chi connectivity index (χ3v) is 5.41. The molecule has 1 heterocycles. The van der Waals surface area contributed by atoms with Crippen LogP contribution in [0.15, 0.2) is 46.7 Å². The van der Waals surface area contributed by atoms with Gasteiger partial charge in [-0.2, -0.15) is 0 Å². The van der Waals surface area contributed by atoms with E-state index in [4.69, 9.17) is 0 Å². The van der Waals surface area contributed by atoms with Crippen molar-refractivity contribution in [1.82, 2.24) is 4.90 Å². The molecule has 2 rings (SSSR count). The summed E-state index contributed by atoms with van der Waals surface area (Å²) in [6, 6.07) is 10.2. The first-order chi connectivity index (χ1) is 9.80. The molecule has 0 spiro atoms. The molecule has 0 saturated heterocycles. The highest BCUT2D eigenvalue weighted by atomic mass is 32.2. The third-order valence-electron chi connectivity index (χ3n) is 3.42. The van der Waals surface area contributed by atoms with E-state index in [0.717, 1.165) is 5.56 Å². The number of thiophene rings is 1. The average molecular weight is 323 g/mol. The van der Waals surface area contributed by atoms with Gasteiger partial charge in [0.05, 0.1) is 15.8 Å². The number of rotatable bonds is 4. The van der Waals surface area contributed by atoms with Crippen LogP contribution in [-0.2, 0) is 9.84 Å². The molecule has 0 N–H and O–H groups in total. The molecule has 21 heavy (non-hydrogen) atoms. The lowest BCUT2D eigenvalue weighted by atomic mass is 10.1. The van der Waals surface area contributed by atoms with Crippen LogP contribution >= 0.6 is 11.3 Å². The van der Waals surface area contributed by atoms with Gasteiger partial charge in [-0.1, -0.05) is 18.2 Å². The van der Waals surface area contributed by atoms with E-state index >= 15 is 0 Å². The minimum atomic E-state index is -3.20. The van der Waals surface area contributed by atoms with Gasteiger partial charge in [-0.05, 0) is 36.1 Å². The van der Waals surface area contributed by atoms with E-state index < -0.39 is 9.84 Å². The molecule has 1 unspecified atom stereocenters. The van der Waals surface area contributed by atoms with Gasteiger partial charge in [0.15, 0.2) is 9.84 Å². The molecule has 0 fully saturated rings. The standard InChI is InChI=1S/C15H17NO3S2/c1-11(16(2)15(17)14-5-4-10-20-14)12-6-8-13(9-7-12)21(3,18)19/h4-11H,1-3H3. The summed E-state index contributed by atoms with van der Waals surface area (Å²) in [4.78, 5) is 14.9. The molecule has 0 radical (unpaired) electrons. The van der Waals surface area contributed by atoms with E-state index in [9.17, 15) is 13.2 Å². The lowest BCUT2D eigenvalue weighted by Gasteiger charge is -2.25. The Morgan fingerprint density at radius 3 is 2.29 bits per heavy atom. The number of sulfone groups is 1. The largest absolute Gasteiger partial charge is 0.334 e. The van der Waals surface area contributed by atoms with Crippen LogP contribution in [0.25, 0.3) is 0 Å². The zero-order valence-corrected chi connectivity index (χ0v) is 13.7. The second-order valence-corrected chi connectivity index (χ2v) is 7.87. The molecule has 1 amide bonds. The summed E-state index contributed by atoms with van der Waals surface area (Å²) in [6.07, 6.45) is 1.18. The summed E-state index contributed by atoms with van der Waals surface area (Å²) in [6.45, 7) is 1.92. The van der Waals surface area contributed by atoms with Crippen molar-refractivity contribution in [3.05, 3.63) is 52.2 Å². The molecule has 6 heteroatoms. The van der Waals surface area contributed by atoms with E-state index in [1.807, 2.05) is 18.4 Å². The second kappa shape index (κ2) is 5.99. The number of nitrogens with zero attached hydrogens (tertiary/aromatic N) is 1. The van der Waals surface area contributed by atoms with Gasteiger partial charge in [0, 0.05) is 13.3 Å². The molecule has 0 aliphatic heterocycles. The Labute approximate surface area is 129 Å². The molecule has 0 bridgehead atoms. The molecular formula is C15H17NO3S2. The number of hydrogen-bond acceptors (Lipinski definition) is 4. The van der Waals surface area contributed by atoms with Crippen molar-refractivity contribution in [3.8, 4) is 0 Å². The van der Waals surface area contributed by atoms with Crippen LogP contribution in [0.4, 0.5) is 0 Å². The summed E-state index contributed by atoms with van der Waals surface area (Å²) in [5.41, 5.74) is 0.898. The summed E-state index contributed by atoms with van der Waals surface area (Å²) in [5, 5.41) is 1.87. The maximum Gasteiger partial charge on any atom is 0.264 e. The van der Waals surface area contributed by atoms with Gasteiger partial charge in [-0.25, -0.2) is 8.42 Å². The molecule has 1 atom stereocenters. The molecule has 0 aliphatic carbocycles. The van der Waals surface area contributed by atoms with Crippen molar-refractivity contribution in [2.45, 2.75) is 17.9 Å². The van der Waals surface area contributed by atoms with Crippen LogP contribution in [-0.4, -0.2) is 32.5 Å². The molecule has 0 aliphatic rings. The van der Waals surface area contributed by atoms with Crippen LogP contribution in [0.2, 0.25) is 0 Å². The van der Waals surface area contributed by atoms with E-state index in [2.05, 4.69) is 0 Å². The SMILES string of the molecule is CC(c1ccc(S(C)(=O)=O)cc1)N(C)C(=O)c1cccs1. The zero-order chi connectivity index (χ0) is 15.6. The molecule has 4 nitrogen and oxygen atoms in total. The molecular weight excluding hydrogens is 306 g/mol. The van der Waals surface area contributed by atoms with E-state index in [0.29, 0.717) is 4.88 Å². The minimum Gasteiger partial charge on any atom is -0.334 e. The Kier molecular flexibility index (Phi) is 4.49. The van der Waals surface area contributed by atoms with Gasteiger partial charge in [0.2, 0.25) is 0 Å². The quantitative estimate of drug-likeness (QED) is 0.869. The first-order valence-corrected chi connectivity index (χ1v) is 9.18. The van der Waals surface area contributed by atoms with Gasteiger partial charge in [0.25, 0.3) is 5.91 Å². The number of hydrogen-bond donors (Lipinski definition) is 0. The second-order valence-electron chi connectivity index (χ2n) is 4.91. The van der Waals surface area contributed by atoms with Gasteiger partial charge in [-0.3, -0.25) is 4.79 Å². The van der Waals surface area contributed by atoms with Crippen LogP contribution in [0.3, 0.4) is 0 Å². The predicted octanol–water partition coefficient (Wildman–Crippen LogP) is 2.98. The smallest absolute Gasteiger partial charge is 0.264 e. The maximum absolute atomic E-state index is 12.3. The fraction of sp³-hybridized carbons (Fsp3) is 0.267. The monoisotopic (exact) mass is 323 g/mol. The van der Waals surface area contributed by atoms with E-state index in [1.54, 1.807) is 42.3 Å². The lowest BCUT2D eigenvalue weighted by Crippen LogP contribution is -2.29. The van der Waals surface area contributed by atoms with Gasteiger partial charge in [0.1, 0.15) is 0 Å². The zero-order valence-electron chi connectivity index (χ0n) is 12.1.